The third-order valence-electron chi connectivity index (χ3n) is 2.64. The second-order valence-corrected chi connectivity index (χ2v) is 3.58. The average Bonchev–Trinajstić information content (AvgIpc) is 2.72. The Morgan fingerprint density at radius 2 is 1.93 bits per heavy atom. The largest absolute Gasteiger partial charge is 0.339 e. The highest BCUT2D eigenvalue weighted by atomic mass is 16.2. The Balaban J connectivity index is 2.46. The maximum Gasteiger partial charge on any atom is 0.246 e. The zero-order valence-electron chi connectivity index (χ0n) is 9.12. The van der Waals surface area contributed by atoms with Gasteiger partial charge < -0.3 is 4.90 Å². The first-order chi connectivity index (χ1) is 6.77. The monoisotopic (exact) mass is 193 g/mol. The lowest BCUT2D eigenvalue weighted by Gasteiger charge is -2.11. The second kappa shape index (κ2) is 5.63. The maximum absolute atomic E-state index is 11.6. The Bertz CT molecular complexity index is 247. The summed E-state index contributed by atoms with van der Waals surface area (Å²) < 4.78 is 0. The first-order valence-electron chi connectivity index (χ1n) is 5.40. The van der Waals surface area contributed by atoms with Gasteiger partial charge in [-0.2, -0.15) is 0 Å². The highest BCUT2D eigenvalue weighted by Gasteiger charge is 2.14. The van der Waals surface area contributed by atoms with Gasteiger partial charge in [0.25, 0.3) is 0 Å². The molecule has 0 N–H and O–H groups in total. The lowest BCUT2D eigenvalue weighted by molar-refractivity contribution is -0.124. The van der Waals surface area contributed by atoms with E-state index in [1.54, 1.807) is 6.08 Å². The predicted octanol–water partition coefficient (Wildman–Crippen LogP) is 2.52. The normalized spacial score (nSPS) is 18.1. The van der Waals surface area contributed by atoms with Gasteiger partial charge >= 0.3 is 0 Å². The van der Waals surface area contributed by atoms with Crippen LogP contribution in [0.1, 0.15) is 33.1 Å². The van der Waals surface area contributed by atoms with Crippen molar-refractivity contribution in [3.63, 3.8) is 0 Å². The first kappa shape index (κ1) is 11.0. The van der Waals surface area contributed by atoms with Crippen molar-refractivity contribution in [3.05, 3.63) is 23.8 Å². The Morgan fingerprint density at radius 1 is 1.29 bits per heavy atom. The molecule has 14 heavy (non-hydrogen) atoms. The smallest absolute Gasteiger partial charge is 0.246 e. The Labute approximate surface area is 86.3 Å². The molecule has 1 heterocycles. The van der Waals surface area contributed by atoms with Gasteiger partial charge in [-0.1, -0.05) is 24.6 Å². The fourth-order valence-corrected chi connectivity index (χ4v) is 1.64. The molecule has 0 atom stereocenters. The van der Waals surface area contributed by atoms with Gasteiger partial charge in [0.15, 0.2) is 0 Å². The molecule has 1 amide bonds. The molecular formula is C12H19NO. The Kier molecular flexibility index (Phi) is 4.44. The van der Waals surface area contributed by atoms with Crippen molar-refractivity contribution in [1.82, 2.24) is 4.90 Å². The minimum absolute atomic E-state index is 0.162. The number of rotatable bonds is 3. The van der Waals surface area contributed by atoms with E-state index in [1.165, 1.54) is 5.57 Å². The number of nitrogens with zero attached hydrogens (tertiary/aromatic N) is 1. The van der Waals surface area contributed by atoms with Crippen molar-refractivity contribution < 1.29 is 4.79 Å². The molecule has 0 unspecified atom stereocenters. The molecule has 1 aliphatic rings. The van der Waals surface area contributed by atoms with Crippen LogP contribution in [0.4, 0.5) is 0 Å². The molecule has 78 valence electrons. The molecule has 0 aromatic rings. The highest BCUT2D eigenvalue weighted by Crippen LogP contribution is 2.09. The van der Waals surface area contributed by atoms with Crippen LogP contribution in [-0.2, 0) is 4.79 Å². The number of hydrogen-bond acceptors (Lipinski definition) is 1. The van der Waals surface area contributed by atoms with E-state index in [2.05, 4.69) is 6.92 Å². The molecule has 1 saturated heterocycles. The van der Waals surface area contributed by atoms with E-state index in [1.807, 2.05) is 24.0 Å². The number of amides is 1. The van der Waals surface area contributed by atoms with Crippen LogP contribution in [0.5, 0.6) is 0 Å². The molecule has 0 radical (unpaired) electrons. The highest BCUT2D eigenvalue weighted by molar-refractivity contribution is 5.88. The van der Waals surface area contributed by atoms with E-state index in [-0.39, 0.29) is 5.91 Å². The van der Waals surface area contributed by atoms with Crippen LogP contribution in [0, 0.1) is 0 Å². The number of likely N-dealkylation sites (tertiary alicyclic amines) is 1. The van der Waals surface area contributed by atoms with E-state index in [4.69, 9.17) is 0 Å². The molecule has 0 bridgehead atoms. The maximum atomic E-state index is 11.6. The lowest BCUT2D eigenvalue weighted by atomic mass is 10.2. The number of carbonyl (C=O) groups is 1. The summed E-state index contributed by atoms with van der Waals surface area (Å²) in [6, 6.07) is 0. The summed E-state index contributed by atoms with van der Waals surface area (Å²) in [5, 5.41) is 0. The molecule has 0 aliphatic carbocycles. The molecule has 1 aliphatic heterocycles. The minimum Gasteiger partial charge on any atom is -0.339 e. The average molecular weight is 193 g/mol. The fraction of sp³-hybridized carbons (Fsp3) is 0.583. The summed E-state index contributed by atoms with van der Waals surface area (Å²) in [6.07, 6.45) is 8.98. The van der Waals surface area contributed by atoms with Crippen molar-refractivity contribution in [3.8, 4) is 0 Å². The zero-order valence-corrected chi connectivity index (χ0v) is 9.12. The van der Waals surface area contributed by atoms with Crippen LogP contribution in [0.2, 0.25) is 0 Å². The van der Waals surface area contributed by atoms with Gasteiger partial charge in [-0.3, -0.25) is 4.79 Å². The first-order valence-corrected chi connectivity index (χ1v) is 5.40. The van der Waals surface area contributed by atoms with Crippen LogP contribution in [0.25, 0.3) is 0 Å². The van der Waals surface area contributed by atoms with Crippen LogP contribution in [-0.4, -0.2) is 23.9 Å². The summed E-state index contributed by atoms with van der Waals surface area (Å²) in [5.74, 6) is 0.162. The van der Waals surface area contributed by atoms with Gasteiger partial charge in [0.2, 0.25) is 5.91 Å². The zero-order chi connectivity index (χ0) is 10.4. The fourth-order valence-electron chi connectivity index (χ4n) is 1.64. The van der Waals surface area contributed by atoms with Crippen LogP contribution in [0.3, 0.4) is 0 Å². The van der Waals surface area contributed by atoms with E-state index < -0.39 is 0 Å². The quantitative estimate of drug-likeness (QED) is 0.498. The molecule has 2 heteroatoms. The summed E-state index contributed by atoms with van der Waals surface area (Å²) in [5.41, 5.74) is 1.22. The van der Waals surface area contributed by atoms with E-state index in [0.29, 0.717) is 0 Å². The van der Waals surface area contributed by atoms with Crippen LogP contribution >= 0.6 is 0 Å². The van der Waals surface area contributed by atoms with E-state index in [9.17, 15) is 4.79 Å². The topological polar surface area (TPSA) is 20.3 Å². The minimum atomic E-state index is 0.162. The van der Waals surface area contributed by atoms with E-state index in [0.717, 1.165) is 32.4 Å². The molecule has 1 fully saturated rings. The Hall–Kier alpha value is -1.05. The van der Waals surface area contributed by atoms with Crippen molar-refractivity contribution >= 4 is 5.91 Å². The lowest BCUT2D eigenvalue weighted by Crippen LogP contribution is -2.25. The van der Waals surface area contributed by atoms with Gasteiger partial charge in [0, 0.05) is 19.2 Å². The van der Waals surface area contributed by atoms with Gasteiger partial charge in [-0.05, 0) is 26.2 Å². The van der Waals surface area contributed by atoms with Gasteiger partial charge in [-0.25, -0.2) is 0 Å². The predicted molar refractivity (Wildman–Crippen MR) is 59.0 cm³/mol. The molecule has 0 aromatic carbocycles. The van der Waals surface area contributed by atoms with Gasteiger partial charge in [-0.15, -0.1) is 0 Å². The second-order valence-electron chi connectivity index (χ2n) is 3.58. The molecular weight excluding hydrogens is 174 g/mol. The van der Waals surface area contributed by atoms with Crippen LogP contribution in [0.15, 0.2) is 23.8 Å². The van der Waals surface area contributed by atoms with Crippen molar-refractivity contribution in [2.24, 2.45) is 0 Å². The van der Waals surface area contributed by atoms with Crippen molar-refractivity contribution in [2.45, 2.75) is 33.1 Å². The molecule has 0 aromatic heterocycles. The van der Waals surface area contributed by atoms with Crippen molar-refractivity contribution in [1.29, 1.82) is 0 Å². The third kappa shape index (κ3) is 3.02. The molecule has 0 spiro atoms. The summed E-state index contributed by atoms with van der Waals surface area (Å²) in [6.45, 7) is 5.96. The van der Waals surface area contributed by atoms with E-state index >= 15 is 0 Å². The van der Waals surface area contributed by atoms with Crippen molar-refractivity contribution in [2.75, 3.05) is 13.1 Å². The summed E-state index contributed by atoms with van der Waals surface area (Å²) in [7, 11) is 0. The SMILES string of the molecule is C/C=C(/C=C/C(=O)N1CCCC1)CC. The van der Waals surface area contributed by atoms with Gasteiger partial charge in [0.05, 0.1) is 0 Å². The standard InChI is InChI=1S/C12H19NO/c1-3-11(4-2)7-8-12(14)13-9-5-6-10-13/h3,7-8H,4-6,9-10H2,1-2H3/b8-7+,11-3+. The summed E-state index contributed by atoms with van der Waals surface area (Å²) in [4.78, 5) is 13.5. The van der Waals surface area contributed by atoms with Gasteiger partial charge in [0.1, 0.15) is 0 Å². The van der Waals surface area contributed by atoms with Crippen LogP contribution < -0.4 is 0 Å². The molecule has 0 saturated carbocycles. The number of hydrogen-bond donors (Lipinski definition) is 0. The molecule has 2 nitrogen and oxygen atoms in total. The summed E-state index contributed by atoms with van der Waals surface area (Å²) >= 11 is 0. The Morgan fingerprint density at radius 3 is 2.43 bits per heavy atom. The number of carbonyl (C=O) groups excluding carboxylic acids is 1. The molecule has 1 rings (SSSR count). The third-order valence-corrected chi connectivity index (χ3v) is 2.64. The number of allylic oxidation sites excluding steroid dienone is 3.